The molecule has 0 unspecified atom stereocenters. The fourth-order valence-corrected chi connectivity index (χ4v) is 3.85. The molecule has 3 rings (SSSR count). The van der Waals surface area contributed by atoms with Crippen LogP contribution in [0.1, 0.15) is 29.8 Å². The van der Waals surface area contributed by atoms with Crippen LogP contribution in [-0.4, -0.2) is 65.4 Å². The number of rotatable bonds is 14. The number of para-hydroxylation sites is 2. The minimum absolute atomic E-state index is 0.0240. The molecule has 0 aliphatic carbocycles. The van der Waals surface area contributed by atoms with E-state index in [1.807, 2.05) is 84.9 Å². The molecular formula is C29H35NO5. The van der Waals surface area contributed by atoms with E-state index in [0.29, 0.717) is 36.6 Å². The van der Waals surface area contributed by atoms with Gasteiger partial charge in [0.25, 0.3) is 0 Å². The molecule has 2 N–H and O–H groups in total. The van der Waals surface area contributed by atoms with Gasteiger partial charge in [-0.05, 0) is 50.1 Å². The van der Waals surface area contributed by atoms with Crippen LogP contribution in [0.25, 0.3) is 0 Å². The second-order valence-corrected chi connectivity index (χ2v) is 8.82. The Morgan fingerprint density at radius 3 is 1.66 bits per heavy atom. The van der Waals surface area contributed by atoms with Gasteiger partial charge < -0.3 is 19.7 Å². The first-order valence-corrected chi connectivity index (χ1v) is 12.0. The van der Waals surface area contributed by atoms with E-state index in [4.69, 9.17) is 9.47 Å². The average Bonchev–Trinajstić information content (AvgIpc) is 2.87. The van der Waals surface area contributed by atoms with Crippen molar-refractivity contribution < 1.29 is 24.5 Å². The summed E-state index contributed by atoms with van der Waals surface area (Å²) < 4.78 is 11.4. The zero-order valence-electron chi connectivity index (χ0n) is 20.4. The fourth-order valence-electron chi connectivity index (χ4n) is 3.85. The first kappa shape index (κ1) is 26.4. The van der Waals surface area contributed by atoms with Gasteiger partial charge in [-0.25, -0.2) is 0 Å². The van der Waals surface area contributed by atoms with Crippen molar-refractivity contribution in [3.8, 4) is 11.5 Å². The first-order chi connectivity index (χ1) is 16.9. The molecule has 0 radical (unpaired) electrons. The number of nitrogens with zero attached hydrogens (tertiary/aromatic N) is 1. The van der Waals surface area contributed by atoms with Crippen molar-refractivity contribution in [2.24, 2.45) is 0 Å². The Balaban J connectivity index is 1.61. The molecule has 0 aliphatic heterocycles. The summed E-state index contributed by atoms with van der Waals surface area (Å²) in [5.41, 5.74) is 1.76. The van der Waals surface area contributed by atoms with Crippen molar-refractivity contribution in [2.75, 3.05) is 26.3 Å². The van der Waals surface area contributed by atoms with Crippen molar-refractivity contribution in [1.29, 1.82) is 0 Å². The molecule has 0 aliphatic rings. The highest BCUT2D eigenvalue weighted by Crippen LogP contribution is 2.15. The van der Waals surface area contributed by atoms with E-state index in [9.17, 15) is 15.0 Å². The molecule has 0 fully saturated rings. The van der Waals surface area contributed by atoms with Crippen LogP contribution in [0, 0.1) is 0 Å². The Hall–Kier alpha value is -3.19. The first-order valence-electron chi connectivity index (χ1n) is 12.0. The number of hydrogen-bond acceptors (Lipinski definition) is 6. The number of aliphatic hydroxyl groups excluding tert-OH is 2. The van der Waals surface area contributed by atoms with E-state index >= 15 is 0 Å². The molecule has 186 valence electrons. The largest absolute Gasteiger partial charge is 0.491 e. The molecule has 0 spiro atoms. The van der Waals surface area contributed by atoms with E-state index in [1.54, 1.807) is 6.92 Å². The van der Waals surface area contributed by atoms with Crippen LogP contribution < -0.4 is 9.47 Å². The van der Waals surface area contributed by atoms with Gasteiger partial charge in [-0.2, -0.15) is 0 Å². The molecule has 0 bridgehead atoms. The van der Waals surface area contributed by atoms with Crippen LogP contribution in [0.4, 0.5) is 0 Å². The lowest BCUT2D eigenvalue weighted by Gasteiger charge is -2.32. The number of carbonyl (C=O) groups is 1. The number of benzene rings is 3. The maximum atomic E-state index is 11.6. The number of ketones is 1. The molecule has 3 aromatic carbocycles. The Labute approximate surface area is 207 Å². The highest BCUT2D eigenvalue weighted by molar-refractivity contribution is 5.94. The molecule has 35 heavy (non-hydrogen) atoms. The molecule has 0 aromatic heterocycles. The monoisotopic (exact) mass is 477 g/mol. The highest BCUT2D eigenvalue weighted by Gasteiger charge is 2.22. The minimum Gasteiger partial charge on any atom is -0.491 e. The zero-order valence-corrected chi connectivity index (χ0v) is 20.4. The van der Waals surface area contributed by atoms with Crippen LogP contribution in [0.2, 0.25) is 0 Å². The SMILES string of the molecule is CC(=O)c1ccc(C[C@@H](C)N(C[C@H](O)COc2ccccc2)C[C@H](O)COc2ccccc2)cc1. The van der Waals surface area contributed by atoms with Gasteiger partial charge in [-0.1, -0.05) is 60.7 Å². The molecule has 0 heterocycles. The highest BCUT2D eigenvalue weighted by atomic mass is 16.5. The number of aliphatic hydroxyl groups is 2. The van der Waals surface area contributed by atoms with Crippen LogP contribution in [0.5, 0.6) is 11.5 Å². The summed E-state index contributed by atoms with van der Waals surface area (Å²) in [6.07, 6.45) is -0.767. The number of ether oxygens (including phenoxy) is 2. The Kier molecular flexibility index (Phi) is 10.3. The molecule has 0 saturated carbocycles. The third-order valence-electron chi connectivity index (χ3n) is 5.78. The van der Waals surface area contributed by atoms with Gasteiger partial charge >= 0.3 is 0 Å². The van der Waals surface area contributed by atoms with Gasteiger partial charge in [0, 0.05) is 24.7 Å². The second kappa shape index (κ2) is 13.6. The molecular weight excluding hydrogens is 442 g/mol. The van der Waals surface area contributed by atoms with E-state index in [-0.39, 0.29) is 25.0 Å². The third-order valence-corrected chi connectivity index (χ3v) is 5.78. The van der Waals surface area contributed by atoms with Crippen LogP contribution in [0.3, 0.4) is 0 Å². The lowest BCUT2D eigenvalue weighted by molar-refractivity contribution is 0.0167. The van der Waals surface area contributed by atoms with Crippen molar-refractivity contribution >= 4 is 5.78 Å². The van der Waals surface area contributed by atoms with Crippen LogP contribution >= 0.6 is 0 Å². The molecule has 0 saturated heterocycles. The Bertz CT molecular complexity index is 959. The quantitative estimate of drug-likeness (QED) is 0.342. The maximum Gasteiger partial charge on any atom is 0.159 e. The molecule has 6 nitrogen and oxygen atoms in total. The molecule has 6 heteroatoms. The number of carbonyl (C=O) groups excluding carboxylic acids is 1. The van der Waals surface area contributed by atoms with Crippen molar-refractivity contribution in [1.82, 2.24) is 4.90 Å². The van der Waals surface area contributed by atoms with Gasteiger partial charge in [-0.3, -0.25) is 9.69 Å². The van der Waals surface area contributed by atoms with Crippen molar-refractivity contribution in [2.45, 2.75) is 38.5 Å². The predicted octanol–water partition coefficient (Wildman–Crippen LogP) is 4.00. The second-order valence-electron chi connectivity index (χ2n) is 8.82. The van der Waals surface area contributed by atoms with Gasteiger partial charge in [-0.15, -0.1) is 0 Å². The Morgan fingerprint density at radius 2 is 1.23 bits per heavy atom. The summed E-state index contributed by atoms with van der Waals surface area (Å²) in [4.78, 5) is 13.6. The van der Waals surface area contributed by atoms with Gasteiger partial charge in [0.1, 0.15) is 36.9 Å². The summed E-state index contributed by atoms with van der Waals surface area (Å²) >= 11 is 0. The van der Waals surface area contributed by atoms with Crippen molar-refractivity contribution in [3.63, 3.8) is 0 Å². The van der Waals surface area contributed by atoms with E-state index in [0.717, 1.165) is 5.56 Å². The third kappa shape index (κ3) is 9.17. The standard InChI is InChI=1S/C29H35NO5/c1-22(17-24-13-15-25(16-14-24)23(2)31)30(18-26(32)20-34-28-9-5-3-6-10-28)19-27(33)21-35-29-11-7-4-8-12-29/h3-16,22,26-27,32-33H,17-21H2,1-2H3/t22-,26+,27+/m1/s1. The normalized spacial score (nSPS) is 13.7. The molecule has 3 aromatic rings. The molecule has 0 amide bonds. The predicted molar refractivity (Wildman–Crippen MR) is 137 cm³/mol. The lowest BCUT2D eigenvalue weighted by atomic mass is 10.0. The summed E-state index contributed by atoms with van der Waals surface area (Å²) in [5.74, 6) is 1.44. The zero-order chi connectivity index (χ0) is 25.0. The summed E-state index contributed by atoms with van der Waals surface area (Å²) in [7, 11) is 0. The van der Waals surface area contributed by atoms with Gasteiger partial charge in [0.15, 0.2) is 5.78 Å². The van der Waals surface area contributed by atoms with Crippen LogP contribution in [0.15, 0.2) is 84.9 Å². The fraction of sp³-hybridized carbons (Fsp3) is 0.345. The summed E-state index contributed by atoms with van der Waals surface area (Å²) in [6.45, 7) is 4.59. The van der Waals surface area contributed by atoms with E-state index < -0.39 is 12.2 Å². The Morgan fingerprint density at radius 1 is 0.771 bits per heavy atom. The topological polar surface area (TPSA) is 79.2 Å². The van der Waals surface area contributed by atoms with E-state index in [2.05, 4.69) is 11.8 Å². The number of Topliss-reactive ketones (excluding diaryl/α,β-unsaturated/α-hetero) is 1. The maximum absolute atomic E-state index is 11.6. The smallest absolute Gasteiger partial charge is 0.159 e. The average molecular weight is 478 g/mol. The van der Waals surface area contributed by atoms with E-state index in [1.165, 1.54) is 0 Å². The summed E-state index contributed by atoms with van der Waals surface area (Å²) in [6, 6.07) is 26.4. The van der Waals surface area contributed by atoms with Crippen molar-refractivity contribution in [3.05, 3.63) is 96.1 Å². The van der Waals surface area contributed by atoms with Gasteiger partial charge in [0.05, 0.1) is 0 Å². The lowest BCUT2D eigenvalue weighted by Crippen LogP contribution is -2.46. The van der Waals surface area contributed by atoms with Gasteiger partial charge in [0.2, 0.25) is 0 Å². The summed E-state index contributed by atoms with van der Waals surface area (Å²) in [5, 5.41) is 21.4. The minimum atomic E-state index is -0.736. The number of hydrogen-bond donors (Lipinski definition) is 2. The van der Waals surface area contributed by atoms with Crippen LogP contribution in [-0.2, 0) is 6.42 Å². The molecule has 3 atom stereocenters.